The van der Waals surface area contributed by atoms with Crippen LogP contribution in [0.15, 0.2) is 47.6 Å². The molecule has 2 aromatic carbocycles. The van der Waals surface area contributed by atoms with Crippen molar-refractivity contribution >= 4 is 11.9 Å². The molecule has 22 heavy (non-hydrogen) atoms. The Morgan fingerprint density at radius 2 is 1.82 bits per heavy atom. The fourth-order valence-electron chi connectivity index (χ4n) is 1.69. The van der Waals surface area contributed by atoms with Crippen LogP contribution in [0.3, 0.4) is 0 Å². The predicted octanol–water partition coefficient (Wildman–Crippen LogP) is 3.87. The summed E-state index contributed by atoms with van der Waals surface area (Å²) in [4.78, 5) is 0. The number of alkyl halides is 3. The van der Waals surface area contributed by atoms with Gasteiger partial charge in [0.05, 0.1) is 24.6 Å². The van der Waals surface area contributed by atoms with Crippen LogP contribution >= 0.6 is 0 Å². The number of nitrogens with one attached hydrogen (secondary N) is 1. The van der Waals surface area contributed by atoms with Crippen LogP contribution < -0.4 is 10.2 Å². The molecule has 2 N–H and O–H groups in total. The third kappa shape index (κ3) is 3.91. The third-order valence-corrected chi connectivity index (χ3v) is 2.82. The highest BCUT2D eigenvalue weighted by molar-refractivity contribution is 5.81. The van der Waals surface area contributed by atoms with Crippen molar-refractivity contribution in [2.24, 2.45) is 5.10 Å². The van der Waals surface area contributed by atoms with Crippen LogP contribution in [0.4, 0.5) is 18.9 Å². The zero-order chi connectivity index (χ0) is 16.2. The molecule has 0 amide bonds. The second-order valence-electron chi connectivity index (χ2n) is 4.38. The summed E-state index contributed by atoms with van der Waals surface area (Å²) in [6, 6.07) is 9.18. The normalized spacial score (nSPS) is 11.6. The molecule has 0 bridgehead atoms. The molecule has 7 heteroatoms. The maximum atomic E-state index is 12.4. The number of methoxy groups -OCH3 is 1. The van der Waals surface area contributed by atoms with Gasteiger partial charge in [0, 0.05) is 0 Å². The quantitative estimate of drug-likeness (QED) is 0.666. The molecule has 0 unspecified atom stereocenters. The first-order valence-electron chi connectivity index (χ1n) is 6.23. The topological polar surface area (TPSA) is 53.8 Å². The number of benzene rings is 2. The molecular formula is C15H13F3N2O2. The Balaban J connectivity index is 2.03. The highest BCUT2D eigenvalue weighted by atomic mass is 19.4. The maximum absolute atomic E-state index is 12.4. The minimum Gasteiger partial charge on any atom is -0.504 e. The van der Waals surface area contributed by atoms with Crippen molar-refractivity contribution < 1.29 is 23.0 Å². The molecule has 0 spiro atoms. The van der Waals surface area contributed by atoms with Gasteiger partial charge in [-0.1, -0.05) is 0 Å². The first-order chi connectivity index (χ1) is 10.4. The Bertz CT molecular complexity index is 667. The summed E-state index contributed by atoms with van der Waals surface area (Å²) >= 11 is 0. The molecular weight excluding hydrogens is 297 g/mol. The molecule has 0 radical (unpaired) electrons. The van der Waals surface area contributed by atoms with Crippen LogP contribution in [0.2, 0.25) is 0 Å². The number of halogens is 3. The summed E-state index contributed by atoms with van der Waals surface area (Å²) in [6.45, 7) is 0. The van der Waals surface area contributed by atoms with Gasteiger partial charge in [0.25, 0.3) is 0 Å². The molecule has 116 valence electrons. The highest BCUT2D eigenvalue weighted by Crippen LogP contribution is 2.29. The van der Waals surface area contributed by atoms with Gasteiger partial charge in [-0.15, -0.1) is 0 Å². The van der Waals surface area contributed by atoms with E-state index in [2.05, 4.69) is 10.5 Å². The molecule has 0 heterocycles. The number of aromatic hydroxyl groups is 1. The largest absolute Gasteiger partial charge is 0.504 e. The van der Waals surface area contributed by atoms with E-state index >= 15 is 0 Å². The first kappa shape index (κ1) is 15.7. The Labute approximate surface area is 124 Å². The lowest BCUT2D eigenvalue weighted by molar-refractivity contribution is -0.137. The van der Waals surface area contributed by atoms with Gasteiger partial charge in [-0.25, -0.2) is 0 Å². The van der Waals surface area contributed by atoms with Gasteiger partial charge in [-0.05, 0) is 48.0 Å². The van der Waals surface area contributed by atoms with Crippen LogP contribution in [0.25, 0.3) is 0 Å². The van der Waals surface area contributed by atoms with E-state index in [-0.39, 0.29) is 5.75 Å². The average molecular weight is 310 g/mol. The van der Waals surface area contributed by atoms with Gasteiger partial charge < -0.3 is 9.84 Å². The number of anilines is 1. The van der Waals surface area contributed by atoms with E-state index in [0.29, 0.717) is 17.0 Å². The van der Waals surface area contributed by atoms with Crippen LogP contribution in [0.5, 0.6) is 11.5 Å². The van der Waals surface area contributed by atoms with Crippen LogP contribution in [0.1, 0.15) is 11.1 Å². The van der Waals surface area contributed by atoms with Crippen molar-refractivity contribution in [3.63, 3.8) is 0 Å². The molecule has 2 rings (SSSR count). The van der Waals surface area contributed by atoms with Gasteiger partial charge in [-0.2, -0.15) is 18.3 Å². The minimum atomic E-state index is -4.36. The number of hydrazone groups is 1. The number of hydrogen-bond acceptors (Lipinski definition) is 4. The molecule has 0 aliphatic carbocycles. The number of nitrogens with zero attached hydrogens (tertiary/aromatic N) is 1. The Morgan fingerprint density at radius 1 is 1.14 bits per heavy atom. The maximum Gasteiger partial charge on any atom is 0.416 e. The predicted molar refractivity (Wildman–Crippen MR) is 77.3 cm³/mol. The van der Waals surface area contributed by atoms with Gasteiger partial charge >= 0.3 is 6.18 Å². The number of rotatable bonds is 4. The van der Waals surface area contributed by atoms with E-state index in [1.165, 1.54) is 31.5 Å². The SMILES string of the molecule is COc1cc(C=NNc2ccc(C(F)(F)F)cc2)ccc1O. The summed E-state index contributed by atoms with van der Waals surface area (Å²) in [5.74, 6) is 0.314. The van der Waals surface area contributed by atoms with Crippen molar-refractivity contribution in [1.29, 1.82) is 0 Å². The van der Waals surface area contributed by atoms with Crippen LogP contribution in [-0.4, -0.2) is 18.4 Å². The summed E-state index contributed by atoms with van der Waals surface area (Å²) in [5, 5.41) is 13.4. The fraction of sp³-hybridized carbons (Fsp3) is 0.133. The van der Waals surface area contributed by atoms with E-state index in [0.717, 1.165) is 12.1 Å². The summed E-state index contributed by atoms with van der Waals surface area (Å²) in [6.07, 6.45) is -2.90. The smallest absolute Gasteiger partial charge is 0.416 e. The van der Waals surface area contributed by atoms with Crippen molar-refractivity contribution in [3.05, 3.63) is 53.6 Å². The monoisotopic (exact) mass is 310 g/mol. The third-order valence-electron chi connectivity index (χ3n) is 2.82. The van der Waals surface area contributed by atoms with Crippen molar-refractivity contribution in [2.45, 2.75) is 6.18 Å². The lowest BCUT2D eigenvalue weighted by Crippen LogP contribution is -2.04. The van der Waals surface area contributed by atoms with Crippen LogP contribution in [-0.2, 0) is 6.18 Å². The highest BCUT2D eigenvalue weighted by Gasteiger charge is 2.29. The minimum absolute atomic E-state index is 0.00958. The Kier molecular flexibility index (Phi) is 4.55. The lowest BCUT2D eigenvalue weighted by Gasteiger charge is -2.07. The molecule has 4 nitrogen and oxygen atoms in total. The van der Waals surface area contributed by atoms with Gasteiger partial charge in [0.1, 0.15) is 0 Å². The van der Waals surface area contributed by atoms with Crippen LogP contribution in [0, 0.1) is 0 Å². The Morgan fingerprint density at radius 3 is 2.41 bits per heavy atom. The molecule has 0 saturated heterocycles. The standard InChI is InChI=1S/C15H13F3N2O2/c1-22-14-8-10(2-7-13(14)21)9-19-20-12-5-3-11(4-6-12)15(16,17)18/h2-9,20-21H,1H3. The molecule has 0 fully saturated rings. The zero-order valence-corrected chi connectivity index (χ0v) is 11.6. The summed E-state index contributed by atoms with van der Waals surface area (Å²) < 4.78 is 42.2. The fourth-order valence-corrected chi connectivity index (χ4v) is 1.69. The number of hydrogen-bond donors (Lipinski definition) is 2. The first-order valence-corrected chi connectivity index (χ1v) is 6.23. The summed E-state index contributed by atoms with van der Waals surface area (Å²) in [5.41, 5.74) is 2.99. The Hall–Kier alpha value is -2.70. The number of phenols is 1. The van der Waals surface area contributed by atoms with Crippen molar-refractivity contribution in [2.75, 3.05) is 12.5 Å². The molecule has 0 aliphatic rings. The molecule has 0 aromatic heterocycles. The molecule has 0 aliphatic heterocycles. The molecule has 0 atom stereocenters. The zero-order valence-electron chi connectivity index (χ0n) is 11.6. The lowest BCUT2D eigenvalue weighted by atomic mass is 10.2. The van der Waals surface area contributed by atoms with Crippen molar-refractivity contribution in [3.8, 4) is 11.5 Å². The molecule has 2 aromatic rings. The van der Waals surface area contributed by atoms with Crippen molar-refractivity contribution in [1.82, 2.24) is 0 Å². The van der Waals surface area contributed by atoms with E-state index in [1.54, 1.807) is 12.1 Å². The van der Waals surface area contributed by atoms with E-state index in [9.17, 15) is 18.3 Å². The number of ether oxygens (including phenoxy) is 1. The van der Waals surface area contributed by atoms with E-state index < -0.39 is 11.7 Å². The van der Waals surface area contributed by atoms with Gasteiger partial charge in [-0.3, -0.25) is 5.43 Å². The average Bonchev–Trinajstić information content (AvgIpc) is 2.48. The number of phenolic OH excluding ortho intramolecular Hbond substituents is 1. The molecule has 0 saturated carbocycles. The van der Waals surface area contributed by atoms with E-state index in [1.807, 2.05) is 0 Å². The summed E-state index contributed by atoms with van der Waals surface area (Å²) in [7, 11) is 1.43. The van der Waals surface area contributed by atoms with E-state index in [4.69, 9.17) is 4.74 Å². The second-order valence-corrected chi connectivity index (χ2v) is 4.38. The second kappa shape index (κ2) is 6.38. The van der Waals surface area contributed by atoms with Gasteiger partial charge in [0.2, 0.25) is 0 Å². The van der Waals surface area contributed by atoms with Gasteiger partial charge in [0.15, 0.2) is 11.5 Å².